The maximum absolute atomic E-state index is 12.4. The van der Waals surface area contributed by atoms with Crippen LogP contribution in [-0.2, 0) is 14.2 Å². The van der Waals surface area contributed by atoms with Gasteiger partial charge >= 0.3 is 0 Å². The summed E-state index contributed by atoms with van der Waals surface area (Å²) < 4.78 is 17.6. The molecule has 1 spiro atoms. The molecule has 6 rings (SSSR count). The van der Waals surface area contributed by atoms with Crippen LogP contribution in [0, 0.1) is 34.5 Å². The molecule has 6 aliphatic rings. The van der Waals surface area contributed by atoms with Gasteiger partial charge < -0.3 is 34.6 Å². The first-order valence-electron chi connectivity index (χ1n) is 12.3. The van der Waals surface area contributed by atoms with E-state index in [-0.39, 0.29) is 35.3 Å². The summed E-state index contributed by atoms with van der Waals surface area (Å²) in [6.07, 6.45) is -0.411. The number of rotatable bonds is 5. The zero-order chi connectivity index (χ0) is 22.8. The van der Waals surface area contributed by atoms with Crippen molar-refractivity contribution in [2.24, 2.45) is 34.5 Å². The topological polar surface area (TPSA) is 112 Å². The van der Waals surface area contributed by atoms with E-state index in [2.05, 4.69) is 11.8 Å². The molecule has 5 aliphatic carbocycles. The first-order valence-corrected chi connectivity index (χ1v) is 12.3. The number of hydrogen-bond donors (Lipinski definition) is 4. The fourth-order valence-electron chi connectivity index (χ4n) is 10.6. The molecule has 0 aromatic carbocycles. The van der Waals surface area contributed by atoms with Gasteiger partial charge in [0.05, 0.1) is 36.6 Å². The minimum atomic E-state index is -1.38. The Morgan fingerprint density at radius 2 is 1.66 bits per heavy atom. The summed E-state index contributed by atoms with van der Waals surface area (Å²) in [6, 6.07) is 0.0799. The van der Waals surface area contributed by atoms with Crippen LogP contribution >= 0.6 is 0 Å². The molecule has 182 valence electrons. The third-order valence-corrected chi connectivity index (χ3v) is 11.4. The molecule has 0 amide bonds. The predicted molar refractivity (Wildman–Crippen MR) is 114 cm³/mol. The number of nitrogens with zero attached hydrogens (tertiary/aromatic N) is 1. The Labute approximate surface area is 189 Å². The molecule has 1 aliphatic heterocycles. The molecule has 13 atom stereocenters. The van der Waals surface area contributed by atoms with Gasteiger partial charge in [0.25, 0.3) is 0 Å². The van der Waals surface area contributed by atoms with Gasteiger partial charge in [0.2, 0.25) is 0 Å². The van der Waals surface area contributed by atoms with Crippen LogP contribution < -0.4 is 0 Å². The third kappa shape index (κ3) is 2.07. The van der Waals surface area contributed by atoms with Gasteiger partial charge in [-0.25, -0.2) is 0 Å². The number of methoxy groups -OCH3 is 3. The molecule has 6 fully saturated rings. The van der Waals surface area contributed by atoms with Crippen LogP contribution in [0.15, 0.2) is 0 Å². The molecule has 1 saturated heterocycles. The van der Waals surface area contributed by atoms with E-state index in [1.54, 1.807) is 21.3 Å². The highest BCUT2D eigenvalue weighted by atomic mass is 16.5. The summed E-state index contributed by atoms with van der Waals surface area (Å²) in [7, 11) is 4.98. The van der Waals surface area contributed by atoms with Crippen molar-refractivity contribution in [2.75, 3.05) is 41.0 Å². The molecule has 7 bridgehead atoms. The number of piperidine rings is 1. The Morgan fingerprint density at radius 1 is 0.938 bits per heavy atom. The number of aliphatic hydroxyl groups excluding tert-OH is 2. The van der Waals surface area contributed by atoms with Gasteiger partial charge in [-0.3, -0.25) is 4.90 Å². The standard InChI is InChI=1S/C24H39NO7/c1-5-25-10-21(11-30-2)14-6-12-19(25)24(14,16(31-3)7-15(21)26)13-8-23(29)17(32-4)9-22(12,28)18(13)20(23)27/h12-20,26-29H,5-11H2,1-4H3. The van der Waals surface area contributed by atoms with Gasteiger partial charge in [0.1, 0.15) is 5.60 Å². The van der Waals surface area contributed by atoms with Gasteiger partial charge in [-0.05, 0) is 31.2 Å². The zero-order valence-electron chi connectivity index (χ0n) is 19.6. The van der Waals surface area contributed by atoms with E-state index >= 15 is 0 Å². The number of hydrogen-bond acceptors (Lipinski definition) is 8. The van der Waals surface area contributed by atoms with Gasteiger partial charge in [0, 0.05) is 69.4 Å². The first-order chi connectivity index (χ1) is 15.2. The predicted octanol–water partition coefficient (Wildman–Crippen LogP) is -0.383. The van der Waals surface area contributed by atoms with Gasteiger partial charge in [-0.1, -0.05) is 6.92 Å². The van der Waals surface area contributed by atoms with Gasteiger partial charge in [0.15, 0.2) is 0 Å². The molecule has 4 N–H and O–H groups in total. The molecule has 8 nitrogen and oxygen atoms in total. The molecular weight excluding hydrogens is 414 g/mol. The Morgan fingerprint density at radius 3 is 2.28 bits per heavy atom. The minimum absolute atomic E-state index is 0.0784. The van der Waals surface area contributed by atoms with E-state index in [1.165, 1.54) is 0 Å². The van der Waals surface area contributed by atoms with Crippen molar-refractivity contribution >= 4 is 0 Å². The second kappa shape index (κ2) is 6.66. The van der Waals surface area contributed by atoms with Crippen molar-refractivity contribution in [1.29, 1.82) is 0 Å². The lowest BCUT2D eigenvalue weighted by Crippen LogP contribution is -2.78. The van der Waals surface area contributed by atoms with E-state index < -0.39 is 40.8 Å². The summed E-state index contributed by atoms with van der Waals surface area (Å²) in [6.45, 7) is 4.13. The summed E-state index contributed by atoms with van der Waals surface area (Å²) in [5, 5.41) is 47.0. The first kappa shape index (κ1) is 22.2. The van der Waals surface area contributed by atoms with Crippen molar-refractivity contribution in [3.63, 3.8) is 0 Å². The second-order valence-corrected chi connectivity index (χ2v) is 11.7. The fraction of sp³-hybridized carbons (Fsp3) is 1.00. The molecule has 8 heteroatoms. The van der Waals surface area contributed by atoms with E-state index in [9.17, 15) is 20.4 Å². The van der Waals surface area contributed by atoms with Crippen LogP contribution in [0.3, 0.4) is 0 Å². The van der Waals surface area contributed by atoms with Gasteiger partial charge in [-0.2, -0.15) is 0 Å². The number of ether oxygens (including phenoxy) is 3. The summed E-state index contributed by atoms with van der Waals surface area (Å²) in [5.41, 5.74) is -3.32. The largest absolute Gasteiger partial charge is 0.392 e. The quantitative estimate of drug-likeness (QED) is 0.446. The summed E-state index contributed by atoms with van der Waals surface area (Å²) in [5.74, 6) is -0.526. The van der Waals surface area contributed by atoms with Crippen LogP contribution in [0.2, 0.25) is 0 Å². The lowest BCUT2D eigenvalue weighted by molar-refractivity contribution is -0.298. The molecule has 13 unspecified atom stereocenters. The second-order valence-electron chi connectivity index (χ2n) is 11.7. The summed E-state index contributed by atoms with van der Waals surface area (Å²) in [4.78, 5) is 2.44. The monoisotopic (exact) mass is 453 g/mol. The SMILES string of the molecule is CCN1CC2(COC)C(O)CC(OC)C34C5CC6(O)C(OC)CC(O)(C(CC23)C14)C5C6O. The maximum atomic E-state index is 12.4. The fourth-order valence-corrected chi connectivity index (χ4v) is 10.6. The molecule has 32 heavy (non-hydrogen) atoms. The Kier molecular flexibility index (Phi) is 4.62. The highest BCUT2D eigenvalue weighted by molar-refractivity contribution is 5.36. The van der Waals surface area contributed by atoms with Crippen LogP contribution in [0.25, 0.3) is 0 Å². The van der Waals surface area contributed by atoms with E-state index in [1.807, 2.05) is 0 Å². The van der Waals surface area contributed by atoms with Crippen LogP contribution in [0.1, 0.15) is 32.6 Å². The van der Waals surface area contributed by atoms with Gasteiger partial charge in [-0.15, -0.1) is 0 Å². The minimum Gasteiger partial charge on any atom is -0.392 e. The van der Waals surface area contributed by atoms with Crippen LogP contribution in [0.5, 0.6) is 0 Å². The Balaban J connectivity index is 1.61. The maximum Gasteiger partial charge on any atom is 0.117 e. The average Bonchev–Trinajstić information content (AvgIpc) is 3.14. The molecule has 0 radical (unpaired) electrons. The average molecular weight is 454 g/mol. The number of aliphatic hydroxyl groups is 4. The van der Waals surface area contributed by atoms with Crippen molar-refractivity contribution in [2.45, 2.75) is 74.3 Å². The van der Waals surface area contributed by atoms with E-state index in [0.29, 0.717) is 25.9 Å². The van der Waals surface area contributed by atoms with Crippen molar-refractivity contribution < 1.29 is 34.6 Å². The van der Waals surface area contributed by atoms with Crippen LogP contribution in [-0.4, -0.2) is 108 Å². The Bertz CT molecular complexity index is 798. The third-order valence-electron chi connectivity index (χ3n) is 11.4. The lowest BCUT2D eigenvalue weighted by Gasteiger charge is -2.70. The number of likely N-dealkylation sites (tertiary alicyclic amines) is 1. The highest BCUT2D eigenvalue weighted by Gasteiger charge is 2.86. The summed E-state index contributed by atoms with van der Waals surface area (Å²) >= 11 is 0. The lowest BCUT2D eigenvalue weighted by atomic mass is 9.42. The smallest absolute Gasteiger partial charge is 0.117 e. The number of fused-ring (bicyclic) bond motifs is 2. The molecule has 0 aromatic heterocycles. The molecule has 0 aromatic rings. The Hall–Kier alpha value is -0.320. The highest BCUT2D eigenvalue weighted by Crippen LogP contribution is 2.79. The van der Waals surface area contributed by atoms with Crippen molar-refractivity contribution in [3.05, 3.63) is 0 Å². The van der Waals surface area contributed by atoms with E-state index in [0.717, 1.165) is 19.5 Å². The van der Waals surface area contributed by atoms with Crippen LogP contribution in [0.4, 0.5) is 0 Å². The van der Waals surface area contributed by atoms with Crippen molar-refractivity contribution in [3.8, 4) is 0 Å². The molecule has 1 heterocycles. The molecule has 5 saturated carbocycles. The van der Waals surface area contributed by atoms with Crippen molar-refractivity contribution in [1.82, 2.24) is 4.90 Å². The normalized spacial score (nSPS) is 62.4. The zero-order valence-corrected chi connectivity index (χ0v) is 19.6. The van der Waals surface area contributed by atoms with E-state index in [4.69, 9.17) is 14.2 Å². The molecular formula is C24H39NO7.